The Morgan fingerprint density at radius 3 is 2.36 bits per heavy atom. The molecule has 3 amide bonds. The maximum Gasteiger partial charge on any atom is 0.265 e. The first-order chi connectivity index (χ1) is 15.7. The Morgan fingerprint density at radius 1 is 1.06 bits per heavy atom. The summed E-state index contributed by atoms with van der Waals surface area (Å²) in [7, 11) is 0. The molecule has 4 rings (SSSR count). The number of nitrogens with zero attached hydrogens (tertiary/aromatic N) is 2. The SMILES string of the molecule is CCCN1C(=O)COc2ccc(C(=O)COCC(C)(C)N3C(=O)c4ccccc4C3=O)cc21. The first kappa shape index (κ1) is 22.7. The average molecular weight is 450 g/mol. The van der Waals surface area contributed by atoms with Crippen molar-refractivity contribution in [2.45, 2.75) is 32.7 Å². The molecule has 0 saturated carbocycles. The Labute approximate surface area is 192 Å². The van der Waals surface area contributed by atoms with Crippen LogP contribution >= 0.6 is 0 Å². The molecule has 0 spiro atoms. The lowest BCUT2D eigenvalue weighted by Gasteiger charge is -2.33. The quantitative estimate of drug-likeness (QED) is 0.453. The Hall–Kier alpha value is -3.52. The zero-order valence-electron chi connectivity index (χ0n) is 18.9. The zero-order valence-corrected chi connectivity index (χ0v) is 18.9. The summed E-state index contributed by atoms with van der Waals surface area (Å²) in [6, 6.07) is 11.6. The van der Waals surface area contributed by atoms with E-state index in [-0.39, 0.29) is 43.3 Å². The van der Waals surface area contributed by atoms with Gasteiger partial charge in [-0.3, -0.25) is 24.1 Å². The van der Waals surface area contributed by atoms with Crippen LogP contribution in [0.1, 0.15) is 58.3 Å². The summed E-state index contributed by atoms with van der Waals surface area (Å²) in [5.41, 5.74) is 0.766. The summed E-state index contributed by atoms with van der Waals surface area (Å²) in [5, 5.41) is 0. The van der Waals surface area contributed by atoms with E-state index in [9.17, 15) is 19.2 Å². The van der Waals surface area contributed by atoms with E-state index >= 15 is 0 Å². The summed E-state index contributed by atoms with van der Waals surface area (Å²) in [4.78, 5) is 53.3. The minimum atomic E-state index is -0.943. The smallest absolute Gasteiger partial charge is 0.265 e. The Balaban J connectivity index is 1.42. The molecule has 0 bridgehead atoms. The number of ketones is 1. The number of benzene rings is 2. The van der Waals surface area contributed by atoms with E-state index in [1.165, 1.54) is 4.90 Å². The average Bonchev–Trinajstić information content (AvgIpc) is 3.06. The van der Waals surface area contributed by atoms with Crippen LogP contribution in [0.15, 0.2) is 42.5 Å². The van der Waals surface area contributed by atoms with E-state index in [4.69, 9.17) is 9.47 Å². The van der Waals surface area contributed by atoms with Crippen LogP contribution in [0.3, 0.4) is 0 Å². The van der Waals surface area contributed by atoms with Gasteiger partial charge in [-0.25, -0.2) is 0 Å². The highest BCUT2D eigenvalue weighted by Crippen LogP contribution is 2.33. The molecule has 0 radical (unpaired) electrons. The maximum absolute atomic E-state index is 12.8. The second-order valence-electron chi connectivity index (χ2n) is 8.74. The van der Waals surface area contributed by atoms with Crippen LogP contribution in [0.5, 0.6) is 5.75 Å². The van der Waals surface area contributed by atoms with Gasteiger partial charge in [-0.2, -0.15) is 0 Å². The number of ether oxygens (including phenoxy) is 2. The van der Waals surface area contributed by atoms with Crippen molar-refractivity contribution in [3.63, 3.8) is 0 Å². The lowest BCUT2D eigenvalue weighted by Crippen LogP contribution is -2.50. The van der Waals surface area contributed by atoms with Gasteiger partial charge in [-0.05, 0) is 50.6 Å². The van der Waals surface area contributed by atoms with Gasteiger partial charge >= 0.3 is 0 Å². The number of Topliss-reactive ketones (excluding diaryl/α,β-unsaturated/α-hetero) is 1. The van der Waals surface area contributed by atoms with Gasteiger partial charge in [-0.1, -0.05) is 19.1 Å². The number of fused-ring (bicyclic) bond motifs is 2. The van der Waals surface area contributed by atoms with E-state index in [0.717, 1.165) is 6.42 Å². The molecule has 2 aliphatic rings. The van der Waals surface area contributed by atoms with Gasteiger partial charge < -0.3 is 14.4 Å². The molecule has 0 fully saturated rings. The molecular weight excluding hydrogens is 424 g/mol. The number of carbonyl (C=O) groups is 4. The van der Waals surface area contributed by atoms with Crippen molar-refractivity contribution in [3.05, 3.63) is 59.2 Å². The standard InChI is InChI=1S/C25H26N2O6/c1-4-11-26-19-12-16(9-10-21(19)33-14-22(26)29)20(28)13-32-15-25(2,3)27-23(30)17-7-5-6-8-18(17)24(27)31/h5-10,12H,4,11,13-15H2,1-3H3. The molecule has 2 aromatic carbocycles. The predicted octanol–water partition coefficient (Wildman–Crippen LogP) is 3.10. The third-order valence-electron chi connectivity index (χ3n) is 5.76. The number of rotatable bonds is 8. The zero-order chi connectivity index (χ0) is 23.8. The van der Waals surface area contributed by atoms with Crippen molar-refractivity contribution in [2.75, 3.05) is 31.3 Å². The molecule has 0 aromatic heterocycles. The van der Waals surface area contributed by atoms with E-state index in [0.29, 0.717) is 34.7 Å². The number of amides is 3. The lowest BCUT2D eigenvalue weighted by atomic mass is 10.0. The van der Waals surface area contributed by atoms with Crippen molar-refractivity contribution in [2.24, 2.45) is 0 Å². The van der Waals surface area contributed by atoms with Gasteiger partial charge in [-0.15, -0.1) is 0 Å². The van der Waals surface area contributed by atoms with E-state index in [2.05, 4.69) is 0 Å². The monoisotopic (exact) mass is 450 g/mol. The third kappa shape index (κ3) is 4.14. The molecule has 172 valence electrons. The highest BCUT2D eigenvalue weighted by Gasteiger charge is 2.44. The minimum absolute atomic E-state index is 0.00128. The number of anilines is 1. The first-order valence-corrected chi connectivity index (χ1v) is 10.9. The summed E-state index contributed by atoms with van der Waals surface area (Å²) in [6.07, 6.45) is 0.777. The van der Waals surface area contributed by atoms with Crippen LogP contribution < -0.4 is 9.64 Å². The first-order valence-electron chi connectivity index (χ1n) is 10.9. The van der Waals surface area contributed by atoms with Gasteiger partial charge in [0, 0.05) is 12.1 Å². The fraction of sp³-hybridized carbons (Fsp3) is 0.360. The minimum Gasteiger partial charge on any atom is -0.482 e. The Morgan fingerprint density at radius 2 is 1.73 bits per heavy atom. The predicted molar refractivity (Wildman–Crippen MR) is 121 cm³/mol. The van der Waals surface area contributed by atoms with Gasteiger partial charge in [0.2, 0.25) is 0 Å². The van der Waals surface area contributed by atoms with Crippen LogP contribution in [0.4, 0.5) is 5.69 Å². The number of hydrogen-bond acceptors (Lipinski definition) is 6. The van der Waals surface area contributed by atoms with E-state index in [1.54, 1.807) is 61.2 Å². The lowest BCUT2D eigenvalue weighted by molar-refractivity contribution is -0.121. The van der Waals surface area contributed by atoms with Crippen LogP contribution in [0, 0.1) is 0 Å². The van der Waals surface area contributed by atoms with Crippen LogP contribution in [0.25, 0.3) is 0 Å². The second kappa shape index (κ2) is 8.78. The van der Waals surface area contributed by atoms with E-state index in [1.807, 2.05) is 6.92 Å². The van der Waals surface area contributed by atoms with E-state index < -0.39 is 5.54 Å². The number of hydrogen-bond donors (Lipinski definition) is 0. The molecule has 0 aliphatic carbocycles. The molecule has 2 heterocycles. The molecule has 0 unspecified atom stereocenters. The highest BCUT2D eigenvalue weighted by atomic mass is 16.5. The normalized spacial score (nSPS) is 15.4. The van der Waals surface area contributed by atoms with Gasteiger partial charge in [0.05, 0.1) is 29.0 Å². The molecule has 0 N–H and O–H groups in total. The van der Waals surface area contributed by atoms with Crippen molar-refractivity contribution in [1.29, 1.82) is 0 Å². The van der Waals surface area contributed by atoms with Crippen LogP contribution in [-0.4, -0.2) is 60.3 Å². The van der Waals surface area contributed by atoms with Crippen molar-refractivity contribution < 1.29 is 28.7 Å². The Bertz CT molecular complexity index is 1100. The Kier molecular flexibility index (Phi) is 6.03. The number of imide groups is 1. The molecule has 8 nitrogen and oxygen atoms in total. The molecule has 33 heavy (non-hydrogen) atoms. The summed E-state index contributed by atoms with van der Waals surface area (Å²) in [5.74, 6) is -0.595. The van der Waals surface area contributed by atoms with Gasteiger partial charge in [0.15, 0.2) is 12.4 Å². The van der Waals surface area contributed by atoms with Crippen molar-refractivity contribution >= 4 is 29.2 Å². The maximum atomic E-state index is 12.8. The topological polar surface area (TPSA) is 93.2 Å². The molecule has 0 saturated heterocycles. The molecule has 2 aliphatic heterocycles. The summed E-state index contributed by atoms with van der Waals surface area (Å²) < 4.78 is 11.1. The van der Waals surface area contributed by atoms with Crippen molar-refractivity contribution in [3.8, 4) is 5.75 Å². The summed E-state index contributed by atoms with van der Waals surface area (Å²) in [6.45, 7) is 5.72. The fourth-order valence-electron chi connectivity index (χ4n) is 4.12. The fourth-order valence-corrected chi connectivity index (χ4v) is 4.12. The van der Waals surface area contributed by atoms with Gasteiger partial charge in [0.25, 0.3) is 17.7 Å². The second-order valence-corrected chi connectivity index (χ2v) is 8.74. The summed E-state index contributed by atoms with van der Waals surface area (Å²) >= 11 is 0. The number of carbonyl (C=O) groups excluding carboxylic acids is 4. The van der Waals surface area contributed by atoms with Crippen LogP contribution in [0.2, 0.25) is 0 Å². The highest BCUT2D eigenvalue weighted by molar-refractivity contribution is 6.21. The largest absolute Gasteiger partial charge is 0.482 e. The third-order valence-corrected chi connectivity index (χ3v) is 5.76. The van der Waals surface area contributed by atoms with Crippen molar-refractivity contribution in [1.82, 2.24) is 4.90 Å². The van der Waals surface area contributed by atoms with Gasteiger partial charge in [0.1, 0.15) is 12.4 Å². The molecule has 0 atom stereocenters. The molecular formula is C25H26N2O6. The molecule has 2 aromatic rings. The molecule has 8 heteroatoms. The van der Waals surface area contributed by atoms with Crippen LogP contribution in [-0.2, 0) is 9.53 Å².